The molecule has 25 heavy (non-hydrogen) atoms. The number of nitrogens with one attached hydrogen (secondary N) is 1. The van der Waals surface area contributed by atoms with Gasteiger partial charge in [-0.05, 0) is 24.4 Å². The SMILES string of the molecule is Cc1[nH]c2ccccc2c1C(=O)COC(=O)CCC(=O)c1cccs1. The van der Waals surface area contributed by atoms with E-state index in [9.17, 15) is 14.4 Å². The third kappa shape index (κ3) is 3.85. The Balaban J connectivity index is 1.55. The lowest BCUT2D eigenvalue weighted by Crippen LogP contribution is -2.15. The molecule has 0 aliphatic carbocycles. The number of aryl methyl sites for hydroxylation is 1. The second-order valence-corrected chi connectivity index (χ2v) is 6.60. The number of ketones is 2. The highest BCUT2D eigenvalue weighted by atomic mass is 32.1. The number of Topliss-reactive ketones (excluding diaryl/α,β-unsaturated/α-hetero) is 2. The summed E-state index contributed by atoms with van der Waals surface area (Å²) in [6.45, 7) is 1.49. The van der Waals surface area contributed by atoms with Crippen molar-refractivity contribution in [3.05, 3.63) is 57.9 Å². The number of fused-ring (bicyclic) bond motifs is 1. The van der Waals surface area contributed by atoms with E-state index in [0.717, 1.165) is 16.6 Å². The molecule has 2 heterocycles. The minimum Gasteiger partial charge on any atom is -0.457 e. The number of para-hydroxylation sites is 1. The average Bonchev–Trinajstić information content (AvgIpc) is 3.24. The number of rotatable bonds is 7. The Morgan fingerprint density at radius 2 is 1.84 bits per heavy atom. The van der Waals surface area contributed by atoms with Crippen LogP contribution in [0.15, 0.2) is 41.8 Å². The first-order valence-corrected chi connectivity index (χ1v) is 8.77. The van der Waals surface area contributed by atoms with Gasteiger partial charge in [0, 0.05) is 28.6 Å². The van der Waals surface area contributed by atoms with Crippen molar-refractivity contribution in [1.29, 1.82) is 0 Å². The zero-order chi connectivity index (χ0) is 17.8. The van der Waals surface area contributed by atoms with Gasteiger partial charge >= 0.3 is 5.97 Å². The van der Waals surface area contributed by atoms with Gasteiger partial charge in [-0.1, -0.05) is 24.3 Å². The van der Waals surface area contributed by atoms with E-state index in [1.54, 1.807) is 12.1 Å². The van der Waals surface area contributed by atoms with Crippen LogP contribution in [-0.4, -0.2) is 29.1 Å². The molecule has 5 nitrogen and oxygen atoms in total. The lowest BCUT2D eigenvalue weighted by atomic mass is 10.1. The summed E-state index contributed by atoms with van der Waals surface area (Å²) >= 11 is 1.34. The molecule has 1 N–H and O–H groups in total. The lowest BCUT2D eigenvalue weighted by Gasteiger charge is -2.04. The van der Waals surface area contributed by atoms with Gasteiger partial charge in [0.15, 0.2) is 12.4 Å². The minimum atomic E-state index is -0.546. The predicted molar refractivity (Wildman–Crippen MR) is 96.2 cm³/mol. The summed E-state index contributed by atoms with van der Waals surface area (Å²) in [4.78, 5) is 39.8. The molecule has 3 rings (SSSR count). The fourth-order valence-corrected chi connectivity index (χ4v) is 3.40. The van der Waals surface area contributed by atoms with E-state index in [0.29, 0.717) is 10.4 Å². The zero-order valence-electron chi connectivity index (χ0n) is 13.7. The molecule has 0 aliphatic heterocycles. The molecule has 128 valence electrons. The summed E-state index contributed by atoms with van der Waals surface area (Å²) in [5, 5.41) is 2.63. The fourth-order valence-electron chi connectivity index (χ4n) is 2.70. The molecule has 0 aliphatic rings. The van der Waals surface area contributed by atoms with Crippen molar-refractivity contribution in [1.82, 2.24) is 4.98 Å². The summed E-state index contributed by atoms with van der Waals surface area (Å²) in [7, 11) is 0. The minimum absolute atomic E-state index is 0.0309. The second kappa shape index (κ2) is 7.44. The summed E-state index contributed by atoms with van der Waals surface area (Å²) < 4.78 is 5.05. The summed E-state index contributed by atoms with van der Waals surface area (Å²) in [5.41, 5.74) is 2.16. The molecule has 0 saturated heterocycles. The van der Waals surface area contributed by atoms with Crippen molar-refractivity contribution in [2.75, 3.05) is 6.61 Å². The van der Waals surface area contributed by atoms with Crippen molar-refractivity contribution in [2.45, 2.75) is 19.8 Å². The van der Waals surface area contributed by atoms with Crippen LogP contribution in [0.1, 0.15) is 38.6 Å². The van der Waals surface area contributed by atoms with Gasteiger partial charge in [-0.3, -0.25) is 14.4 Å². The number of ether oxygens (including phenoxy) is 1. The molecule has 0 saturated carbocycles. The largest absolute Gasteiger partial charge is 0.457 e. The van der Waals surface area contributed by atoms with Crippen LogP contribution in [0.5, 0.6) is 0 Å². The van der Waals surface area contributed by atoms with E-state index in [-0.39, 0.29) is 31.0 Å². The number of carbonyl (C=O) groups excluding carboxylic acids is 3. The molecule has 2 aromatic heterocycles. The Morgan fingerprint density at radius 1 is 1.04 bits per heavy atom. The standard InChI is InChI=1S/C19H17NO4S/c1-12-19(13-5-2-3-6-14(13)20-12)16(22)11-24-18(23)9-8-15(21)17-7-4-10-25-17/h2-7,10,20H,8-9,11H2,1H3. The van der Waals surface area contributed by atoms with Crippen LogP contribution in [0.2, 0.25) is 0 Å². The zero-order valence-corrected chi connectivity index (χ0v) is 14.5. The first-order chi connectivity index (χ1) is 12.1. The van der Waals surface area contributed by atoms with E-state index in [1.807, 2.05) is 36.6 Å². The summed E-state index contributed by atoms with van der Waals surface area (Å²) in [6.07, 6.45) is 0.0521. The number of aromatic nitrogens is 1. The molecule has 0 radical (unpaired) electrons. The summed E-state index contributed by atoms with van der Waals surface area (Å²) in [6, 6.07) is 11.0. The van der Waals surface area contributed by atoms with E-state index < -0.39 is 5.97 Å². The van der Waals surface area contributed by atoms with Gasteiger partial charge < -0.3 is 9.72 Å². The Labute approximate surface area is 148 Å². The smallest absolute Gasteiger partial charge is 0.306 e. The highest BCUT2D eigenvalue weighted by Gasteiger charge is 2.18. The number of carbonyl (C=O) groups is 3. The lowest BCUT2D eigenvalue weighted by molar-refractivity contribution is -0.142. The quantitative estimate of drug-likeness (QED) is 0.515. The fraction of sp³-hybridized carbons (Fsp3) is 0.211. The van der Waals surface area contributed by atoms with Gasteiger partial charge in [-0.25, -0.2) is 0 Å². The van der Waals surface area contributed by atoms with E-state index in [1.165, 1.54) is 11.3 Å². The van der Waals surface area contributed by atoms with Gasteiger partial charge in [0.1, 0.15) is 0 Å². The van der Waals surface area contributed by atoms with Crippen LogP contribution in [0, 0.1) is 6.92 Å². The molecule has 0 atom stereocenters. The van der Waals surface area contributed by atoms with Crippen molar-refractivity contribution in [3.63, 3.8) is 0 Å². The normalized spacial score (nSPS) is 10.8. The molecular weight excluding hydrogens is 338 g/mol. The monoisotopic (exact) mass is 355 g/mol. The molecule has 0 bridgehead atoms. The number of hydrogen-bond donors (Lipinski definition) is 1. The van der Waals surface area contributed by atoms with Crippen molar-refractivity contribution >= 4 is 39.8 Å². The molecule has 0 unspecified atom stereocenters. The molecule has 3 aromatic rings. The Hall–Kier alpha value is -2.73. The van der Waals surface area contributed by atoms with Gasteiger partial charge in [0.2, 0.25) is 5.78 Å². The average molecular weight is 355 g/mol. The molecular formula is C19H17NO4S. The highest BCUT2D eigenvalue weighted by molar-refractivity contribution is 7.12. The van der Waals surface area contributed by atoms with Crippen LogP contribution >= 0.6 is 11.3 Å². The Morgan fingerprint density at radius 3 is 2.60 bits per heavy atom. The molecule has 6 heteroatoms. The van der Waals surface area contributed by atoms with Crippen LogP contribution in [0.25, 0.3) is 10.9 Å². The number of esters is 1. The topological polar surface area (TPSA) is 76.2 Å². The highest BCUT2D eigenvalue weighted by Crippen LogP contribution is 2.22. The second-order valence-electron chi connectivity index (χ2n) is 5.65. The van der Waals surface area contributed by atoms with E-state index in [2.05, 4.69) is 4.98 Å². The van der Waals surface area contributed by atoms with Gasteiger partial charge in [0.25, 0.3) is 0 Å². The Bertz CT molecular complexity index is 924. The predicted octanol–water partition coefficient (Wildman–Crippen LogP) is 3.93. The van der Waals surface area contributed by atoms with Gasteiger partial charge in [-0.2, -0.15) is 0 Å². The molecule has 0 amide bonds. The first kappa shape index (κ1) is 17.1. The van der Waals surface area contributed by atoms with Crippen LogP contribution in [0.3, 0.4) is 0 Å². The number of thiophene rings is 1. The molecule has 0 spiro atoms. The number of aromatic amines is 1. The third-order valence-corrected chi connectivity index (χ3v) is 4.80. The van der Waals surface area contributed by atoms with Crippen molar-refractivity contribution in [3.8, 4) is 0 Å². The van der Waals surface area contributed by atoms with Gasteiger partial charge in [-0.15, -0.1) is 11.3 Å². The maximum absolute atomic E-state index is 12.4. The number of hydrogen-bond acceptors (Lipinski definition) is 5. The third-order valence-electron chi connectivity index (χ3n) is 3.89. The molecule has 1 aromatic carbocycles. The van der Waals surface area contributed by atoms with Crippen molar-refractivity contribution < 1.29 is 19.1 Å². The maximum atomic E-state index is 12.4. The number of H-pyrrole nitrogens is 1. The van der Waals surface area contributed by atoms with E-state index in [4.69, 9.17) is 4.74 Å². The van der Waals surface area contributed by atoms with Crippen LogP contribution in [0.4, 0.5) is 0 Å². The first-order valence-electron chi connectivity index (χ1n) is 7.89. The Kier molecular flexibility index (Phi) is 5.09. The van der Waals surface area contributed by atoms with Crippen LogP contribution < -0.4 is 0 Å². The summed E-state index contributed by atoms with van der Waals surface area (Å²) in [5.74, 6) is -0.894. The number of benzene rings is 1. The van der Waals surface area contributed by atoms with Gasteiger partial charge in [0.05, 0.1) is 11.3 Å². The van der Waals surface area contributed by atoms with E-state index >= 15 is 0 Å². The van der Waals surface area contributed by atoms with Crippen molar-refractivity contribution in [2.24, 2.45) is 0 Å². The maximum Gasteiger partial charge on any atom is 0.306 e. The molecule has 0 fully saturated rings. The van der Waals surface area contributed by atoms with Crippen LogP contribution in [-0.2, 0) is 9.53 Å².